The first-order chi connectivity index (χ1) is 31.7. The van der Waals surface area contributed by atoms with Crippen molar-refractivity contribution in [3.8, 4) is 56.0 Å². The second-order valence-corrected chi connectivity index (χ2v) is 16.3. The molecule has 3 heteroatoms. The zero-order valence-electron chi connectivity index (χ0n) is 34.9. The average Bonchev–Trinajstić information content (AvgIpc) is 3.83. The van der Waals surface area contributed by atoms with Crippen LogP contribution in [-0.2, 0) is 0 Å². The predicted octanol–water partition coefficient (Wildman–Crippen LogP) is 17.1. The summed E-state index contributed by atoms with van der Waals surface area (Å²) in [7, 11) is 0. The van der Waals surface area contributed by atoms with Gasteiger partial charge in [-0.2, -0.15) is 0 Å². The summed E-state index contributed by atoms with van der Waals surface area (Å²) < 4.78 is 6.80. The van der Waals surface area contributed by atoms with E-state index < -0.39 is 0 Å². The van der Waals surface area contributed by atoms with Gasteiger partial charge < -0.3 is 9.32 Å². The molecule has 12 rings (SSSR count). The van der Waals surface area contributed by atoms with Crippen molar-refractivity contribution in [2.45, 2.75) is 0 Å². The van der Waals surface area contributed by atoms with Crippen molar-refractivity contribution in [2.75, 3.05) is 4.90 Å². The first-order valence-corrected chi connectivity index (χ1v) is 21.8. The minimum Gasteiger partial charge on any atom is -0.435 e. The van der Waals surface area contributed by atoms with Gasteiger partial charge in [0.25, 0.3) is 0 Å². The number of benzene rings is 11. The predicted molar refractivity (Wildman–Crippen MR) is 268 cm³/mol. The van der Waals surface area contributed by atoms with Crippen LogP contribution in [0.3, 0.4) is 0 Å². The zero-order valence-corrected chi connectivity index (χ0v) is 34.9. The van der Waals surface area contributed by atoms with Gasteiger partial charge in [0.05, 0.1) is 0 Å². The fourth-order valence-corrected chi connectivity index (χ4v) is 9.30. The molecule has 0 amide bonds. The standard InChI is InChI=1S/C61H40N2O/c1-3-14-41(15-4-1)43-26-28-47(29-27-43)61-62-59-58(39-49-20-9-12-24-56(49)60(59)64-61)57-40-52(38-48-19-8-11-23-55(48)57)63(50-34-30-44(31-35-50)42-16-5-2-6-17-42)51-36-32-46(33-37-51)54-25-13-21-45-18-7-10-22-53(45)54/h1-40H. The van der Waals surface area contributed by atoms with E-state index in [4.69, 9.17) is 9.40 Å². The molecule has 11 aromatic carbocycles. The SMILES string of the molecule is c1ccc(-c2ccc(-c3nc4c(-c5cc(N(c6ccc(-c7ccccc7)cc6)c6ccc(-c7cccc8ccccc78)cc6)cc6ccccc56)cc5ccccc5c4o3)cc2)cc1. The van der Waals surface area contributed by atoms with E-state index in [1.54, 1.807) is 0 Å². The molecule has 0 aliphatic rings. The molecule has 0 fully saturated rings. The van der Waals surface area contributed by atoms with Crippen LogP contribution in [0.4, 0.5) is 17.1 Å². The van der Waals surface area contributed by atoms with Crippen molar-refractivity contribution in [3.05, 3.63) is 243 Å². The minimum atomic E-state index is 0.596. The minimum absolute atomic E-state index is 0.596. The maximum absolute atomic E-state index is 6.80. The number of fused-ring (bicyclic) bond motifs is 5. The highest BCUT2D eigenvalue weighted by molar-refractivity contribution is 6.14. The third-order valence-corrected chi connectivity index (χ3v) is 12.5. The molecule has 0 bridgehead atoms. The maximum atomic E-state index is 6.80. The van der Waals surface area contributed by atoms with E-state index in [0.717, 1.165) is 72.0 Å². The summed E-state index contributed by atoms with van der Waals surface area (Å²) in [6, 6.07) is 86.6. The van der Waals surface area contributed by atoms with Gasteiger partial charge in [0.15, 0.2) is 5.58 Å². The van der Waals surface area contributed by atoms with Crippen molar-refractivity contribution >= 4 is 60.5 Å². The van der Waals surface area contributed by atoms with Gasteiger partial charge >= 0.3 is 0 Å². The van der Waals surface area contributed by atoms with Crippen molar-refractivity contribution in [3.63, 3.8) is 0 Å². The van der Waals surface area contributed by atoms with Crippen LogP contribution in [0.5, 0.6) is 0 Å². The lowest BCUT2D eigenvalue weighted by Gasteiger charge is -2.27. The molecule has 0 saturated carbocycles. The summed E-state index contributed by atoms with van der Waals surface area (Å²) in [5.41, 5.74) is 14.9. The van der Waals surface area contributed by atoms with Crippen LogP contribution in [0.1, 0.15) is 0 Å². The average molecular weight is 817 g/mol. The fourth-order valence-electron chi connectivity index (χ4n) is 9.30. The van der Waals surface area contributed by atoms with Gasteiger partial charge in [-0.3, -0.25) is 0 Å². The van der Waals surface area contributed by atoms with Crippen LogP contribution in [0, 0.1) is 0 Å². The third kappa shape index (κ3) is 6.68. The van der Waals surface area contributed by atoms with Crippen molar-refractivity contribution in [1.29, 1.82) is 0 Å². The van der Waals surface area contributed by atoms with Crippen molar-refractivity contribution in [2.24, 2.45) is 0 Å². The Morgan fingerprint density at radius 3 is 1.41 bits per heavy atom. The summed E-state index contributed by atoms with van der Waals surface area (Å²) >= 11 is 0. The zero-order chi connectivity index (χ0) is 42.4. The molecular formula is C61H40N2O. The first-order valence-electron chi connectivity index (χ1n) is 21.8. The molecule has 300 valence electrons. The second-order valence-electron chi connectivity index (χ2n) is 16.3. The summed E-state index contributed by atoms with van der Waals surface area (Å²) in [5, 5.41) is 6.88. The quantitative estimate of drug-likeness (QED) is 0.153. The van der Waals surface area contributed by atoms with E-state index in [9.17, 15) is 0 Å². The van der Waals surface area contributed by atoms with Crippen LogP contribution in [0.25, 0.3) is 99.4 Å². The van der Waals surface area contributed by atoms with Gasteiger partial charge in [-0.15, -0.1) is 0 Å². The maximum Gasteiger partial charge on any atom is 0.227 e. The number of nitrogens with zero attached hydrogens (tertiary/aromatic N) is 2. The number of oxazole rings is 1. The lowest BCUT2D eigenvalue weighted by molar-refractivity contribution is 0.623. The van der Waals surface area contributed by atoms with Crippen LogP contribution < -0.4 is 4.90 Å². The van der Waals surface area contributed by atoms with Gasteiger partial charge in [0.2, 0.25) is 5.89 Å². The molecule has 0 saturated heterocycles. The molecule has 1 heterocycles. The monoisotopic (exact) mass is 816 g/mol. The largest absolute Gasteiger partial charge is 0.435 e. The molecule has 3 nitrogen and oxygen atoms in total. The molecule has 0 aliphatic carbocycles. The normalized spacial score (nSPS) is 11.4. The molecule has 0 aliphatic heterocycles. The Kier molecular flexibility index (Phi) is 9.16. The fraction of sp³-hybridized carbons (Fsp3) is 0. The van der Waals surface area contributed by atoms with Gasteiger partial charge in [0, 0.05) is 33.6 Å². The molecule has 64 heavy (non-hydrogen) atoms. The molecule has 0 radical (unpaired) electrons. The lowest BCUT2D eigenvalue weighted by atomic mass is 9.93. The molecular weight excluding hydrogens is 777 g/mol. The Morgan fingerprint density at radius 1 is 0.297 bits per heavy atom. The van der Waals surface area contributed by atoms with E-state index in [0.29, 0.717) is 5.89 Å². The van der Waals surface area contributed by atoms with Crippen molar-refractivity contribution in [1.82, 2.24) is 4.98 Å². The van der Waals surface area contributed by atoms with E-state index >= 15 is 0 Å². The molecule has 0 atom stereocenters. The molecule has 12 aromatic rings. The lowest BCUT2D eigenvalue weighted by Crippen LogP contribution is -2.10. The highest BCUT2D eigenvalue weighted by Crippen LogP contribution is 2.45. The number of hydrogen-bond donors (Lipinski definition) is 0. The smallest absolute Gasteiger partial charge is 0.227 e. The Bertz CT molecular complexity index is 3630. The van der Waals surface area contributed by atoms with E-state index in [1.165, 1.54) is 38.6 Å². The topological polar surface area (TPSA) is 29.3 Å². The molecule has 1 aromatic heterocycles. The van der Waals surface area contributed by atoms with Gasteiger partial charge in [0.1, 0.15) is 5.52 Å². The highest BCUT2D eigenvalue weighted by Gasteiger charge is 2.21. The van der Waals surface area contributed by atoms with Crippen molar-refractivity contribution < 1.29 is 4.42 Å². The van der Waals surface area contributed by atoms with Crippen LogP contribution in [-0.4, -0.2) is 4.98 Å². The third-order valence-electron chi connectivity index (χ3n) is 12.5. The molecule has 0 unspecified atom stereocenters. The Labute approximate surface area is 371 Å². The first kappa shape index (κ1) is 37.2. The van der Waals surface area contributed by atoms with Crippen LogP contribution in [0.2, 0.25) is 0 Å². The van der Waals surface area contributed by atoms with E-state index in [-0.39, 0.29) is 0 Å². The summed E-state index contributed by atoms with van der Waals surface area (Å²) in [6.45, 7) is 0. The summed E-state index contributed by atoms with van der Waals surface area (Å²) in [4.78, 5) is 7.70. The van der Waals surface area contributed by atoms with Crippen LogP contribution >= 0.6 is 0 Å². The molecule has 0 spiro atoms. The number of anilines is 3. The van der Waals surface area contributed by atoms with E-state index in [2.05, 4.69) is 241 Å². The van der Waals surface area contributed by atoms with Gasteiger partial charge in [-0.25, -0.2) is 4.98 Å². The number of aromatic nitrogens is 1. The van der Waals surface area contributed by atoms with E-state index in [1.807, 2.05) is 6.07 Å². The van der Waals surface area contributed by atoms with Gasteiger partial charge in [-0.1, -0.05) is 188 Å². The Hall–Kier alpha value is -8.53. The van der Waals surface area contributed by atoms with Crippen LogP contribution in [0.15, 0.2) is 247 Å². The summed E-state index contributed by atoms with van der Waals surface area (Å²) in [5.74, 6) is 0.596. The number of hydrogen-bond acceptors (Lipinski definition) is 3. The van der Waals surface area contributed by atoms with Gasteiger partial charge in [-0.05, 0) is 120 Å². The second kappa shape index (κ2) is 15.7. The Balaban J connectivity index is 1.04. The molecule has 0 N–H and O–H groups in total. The summed E-state index contributed by atoms with van der Waals surface area (Å²) in [6.07, 6.45) is 0. The Morgan fingerprint density at radius 2 is 0.766 bits per heavy atom. The number of rotatable bonds is 8. The highest BCUT2D eigenvalue weighted by atomic mass is 16.3.